The molecular weight excluding hydrogens is 250 g/mol. The number of fused-ring (bicyclic) bond motifs is 5. The molecule has 3 aliphatic rings. The third kappa shape index (κ3) is 1.62. The average Bonchev–Trinajstić information content (AvgIpc) is 2.93. The average molecular weight is 273 g/mol. The molecule has 5 atom stereocenters. The van der Waals surface area contributed by atoms with Crippen molar-refractivity contribution in [3.05, 3.63) is 23.8 Å². The van der Waals surface area contributed by atoms with Gasteiger partial charge in [0.15, 0.2) is 0 Å². The monoisotopic (exact) mass is 273 g/mol. The van der Waals surface area contributed by atoms with E-state index in [9.17, 15) is 0 Å². The van der Waals surface area contributed by atoms with E-state index in [1.807, 2.05) is 12.1 Å². The van der Waals surface area contributed by atoms with Crippen LogP contribution in [-0.2, 0) is 0 Å². The van der Waals surface area contributed by atoms with Crippen molar-refractivity contribution in [3.8, 4) is 11.5 Å². The fourth-order valence-corrected chi connectivity index (χ4v) is 5.18. The van der Waals surface area contributed by atoms with Crippen LogP contribution in [0.2, 0.25) is 0 Å². The molecule has 4 rings (SSSR count). The van der Waals surface area contributed by atoms with Gasteiger partial charge in [-0.05, 0) is 67.1 Å². The lowest BCUT2D eigenvalue weighted by atomic mass is 9.93. The van der Waals surface area contributed by atoms with Gasteiger partial charge in [-0.1, -0.05) is 0 Å². The maximum absolute atomic E-state index is 6.61. The largest absolute Gasteiger partial charge is 0.497 e. The molecule has 20 heavy (non-hydrogen) atoms. The van der Waals surface area contributed by atoms with Crippen LogP contribution in [0, 0.1) is 29.6 Å². The third-order valence-corrected chi connectivity index (χ3v) is 6.01. The van der Waals surface area contributed by atoms with Gasteiger partial charge in [-0.15, -0.1) is 0 Å². The highest BCUT2D eigenvalue weighted by molar-refractivity contribution is 5.43. The van der Waals surface area contributed by atoms with Crippen molar-refractivity contribution in [2.75, 3.05) is 14.2 Å². The Kier molecular flexibility index (Phi) is 2.75. The third-order valence-electron chi connectivity index (χ3n) is 6.01. The van der Waals surface area contributed by atoms with Crippen molar-refractivity contribution in [1.82, 2.24) is 0 Å². The summed E-state index contributed by atoms with van der Waals surface area (Å²) in [7, 11) is 3.42. The minimum atomic E-state index is 0.0958. The molecule has 0 aromatic heterocycles. The molecule has 0 aliphatic heterocycles. The quantitative estimate of drug-likeness (QED) is 0.917. The Morgan fingerprint density at radius 1 is 1.10 bits per heavy atom. The highest BCUT2D eigenvalue weighted by Gasteiger charge is 2.66. The number of hydrogen-bond donors (Lipinski definition) is 1. The number of rotatable bonds is 4. The molecule has 3 aliphatic carbocycles. The first kappa shape index (κ1) is 12.5. The predicted octanol–water partition coefficient (Wildman–Crippen LogP) is 3.00. The van der Waals surface area contributed by atoms with Gasteiger partial charge in [0.2, 0.25) is 0 Å². The summed E-state index contributed by atoms with van der Waals surface area (Å²) in [6.07, 6.45) is 4.34. The standard InChI is InChI=1S/C17H23NO2/c1-19-11-5-6-13(20-2)12(8-11)17(18)16-14-9-3-4-10(7-9)15(14)16/h5-6,8-10,14-17H,3-4,7,18H2,1-2H3. The molecule has 3 saturated carbocycles. The van der Waals surface area contributed by atoms with Crippen LogP contribution in [0.3, 0.4) is 0 Å². The normalized spacial score (nSPS) is 38.5. The first-order valence-electron chi connectivity index (χ1n) is 7.72. The van der Waals surface area contributed by atoms with Gasteiger partial charge >= 0.3 is 0 Å². The maximum atomic E-state index is 6.61. The molecule has 3 fully saturated rings. The van der Waals surface area contributed by atoms with Crippen LogP contribution in [-0.4, -0.2) is 14.2 Å². The number of ether oxygens (including phenoxy) is 2. The van der Waals surface area contributed by atoms with Crippen LogP contribution in [0.1, 0.15) is 30.9 Å². The van der Waals surface area contributed by atoms with Crippen molar-refractivity contribution in [2.24, 2.45) is 35.3 Å². The van der Waals surface area contributed by atoms with Gasteiger partial charge in [-0.2, -0.15) is 0 Å². The molecule has 3 heteroatoms. The lowest BCUT2D eigenvalue weighted by Gasteiger charge is -2.19. The van der Waals surface area contributed by atoms with Crippen LogP contribution >= 0.6 is 0 Å². The van der Waals surface area contributed by atoms with E-state index < -0.39 is 0 Å². The number of nitrogens with two attached hydrogens (primary N) is 1. The lowest BCUT2D eigenvalue weighted by molar-refractivity contribution is 0.377. The summed E-state index contributed by atoms with van der Waals surface area (Å²) in [6.45, 7) is 0. The zero-order valence-corrected chi connectivity index (χ0v) is 12.2. The van der Waals surface area contributed by atoms with Crippen molar-refractivity contribution in [3.63, 3.8) is 0 Å². The molecule has 2 N–H and O–H groups in total. The molecular formula is C17H23NO2. The van der Waals surface area contributed by atoms with Gasteiger partial charge in [0.05, 0.1) is 14.2 Å². The summed E-state index contributed by atoms with van der Waals surface area (Å²) >= 11 is 0. The van der Waals surface area contributed by atoms with Crippen LogP contribution in [0.5, 0.6) is 11.5 Å². The second-order valence-electron chi connectivity index (χ2n) is 6.70. The molecule has 2 bridgehead atoms. The molecule has 0 saturated heterocycles. The van der Waals surface area contributed by atoms with Gasteiger partial charge in [0, 0.05) is 11.6 Å². The summed E-state index contributed by atoms with van der Waals surface area (Å²) < 4.78 is 10.8. The first-order valence-corrected chi connectivity index (χ1v) is 7.72. The van der Waals surface area contributed by atoms with E-state index >= 15 is 0 Å². The van der Waals surface area contributed by atoms with Gasteiger partial charge in [0.1, 0.15) is 11.5 Å². The highest BCUT2D eigenvalue weighted by atomic mass is 16.5. The maximum Gasteiger partial charge on any atom is 0.123 e. The Morgan fingerprint density at radius 3 is 2.40 bits per heavy atom. The number of hydrogen-bond acceptors (Lipinski definition) is 3. The van der Waals surface area contributed by atoms with E-state index in [0.29, 0.717) is 5.92 Å². The fourth-order valence-electron chi connectivity index (χ4n) is 5.18. The molecule has 0 amide bonds. The molecule has 0 spiro atoms. The summed E-state index contributed by atoms with van der Waals surface area (Å²) in [5, 5.41) is 0. The van der Waals surface area contributed by atoms with Gasteiger partial charge < -0.3 is 15.2 Å². The Balaban J connectivity index is 1.61. The van der Waals surface area contributed by atoms with Crippen LogP contribution in [0.15, 0.2) is 18.2 Å². The van der Waals surface area contributed by atoms with Gasteiger partial charge in [0.25, 0.3) is 0 Å². The van der Waals surface area contributed by atoms with E-state index in [1.54, 1.807) is 14.2 Å². The Morgan fingerprint density at radius 2 is 1.80 bits per heavy atom. The highest BCUT2D eigenvalue weighted by Crippen LogP contribution is 2.72. The Bertz CT molecular complexity index is 514. The van der Waals surface area contributed by atoms with Crippen LogP contribution < -0.4 is 15.2 Å². The summed E-state index contributed by atoms with van der Waals surface area (Å²) in [6, 6.07) is 6.06. The molecule has 0 heterocycles. The Labute approximate surface area is 120 Å². The van der Waals surface area contributed by atoms with Crippen LogP contribution in [0.4, 0.5) is 0 Å². The first-order chi connectivity index (χ1) is 9.74. The molecule has 108 valence electrons. The second-order valence-corrected chi connectivity index (χ2v) is 6.70. The van der Waals surface area contributed by atoms with Crippen molar-refractivity contribution in [1.29, 1.82) is 0 Å². The fraction of sp³-hybridized carbons (Fsp3) is 0.647. The zero-order valence-electron chi connectivity index (χ0n) is 12.2. The lowest BCUT2D eigenvalue weighted by Crippen LogP contribution is -2.18. The zero-order chi connectivity index (χ0) is 13.9. The number of methoxy groups -OCH3 is 2. The SMILES string of the molecule is COc1ccc(OC)c(C(N)C2C3C4CCC(C4)C32)c1. The summed E-state index contributed by atoms with van der Waals surface area (Å²) in [4.78, 5) is 0. The Hall–Kier alpha value is -1.22. The van der Waals surface area contributed by atoms with Crippen LogP contribution in [0.25, 0.3) is 0 Å². The molecule has 1 aromatic rings. The molecule has 3 nitrogen and oxygen atoms in total. The van der Waals surface area contributed by atoms with Crippen molar-refractivity contribution < 1.29 is 9.47 Å². The molecule has 0 radical (unpaired) electrons. The minimum Gasteiger partial charge on any atom is -0.497 e. The minimum absolute atomic E-state index is 0.0958. The van der Waals surface area contributed by atoms with Crippen molar-refractivity contribution >= 4 is 0 Å². The predicted molar refractivity (Wildman–Crippen MR) is 77.8 cm³/mol. The summed E-state index contributed by atoms with van der Waals surface area (Å²) in [5.74, 6) is 6.12. The molecule has 5 unspecified atom stereocenters. The van der Waals surface area contributed by atoms with E-state index in [2.05, 4.69) is 6.07 Å². The van der Waals surface area contributed by atoms with Gasteiger partial charge in [-0.3, -0.25) is 0 Å². The van der Waals surface area contributed by atoms with E-state index in [-0.39, 0.29) is 6.04 Å². The van der Waals surface area contributed by atoms with Crippen molar-refractivity contribution in [2.45, 2.75) is 25.3 Å². The second kappa shape index (κ2) is 4.39. The molecule has 1 aromatic carbocycles. The smallest absolute Gasteiger partial charge is 0.123 e. The van der Waals surface area contributed by atoms with E-state index in [4.69, 9.17) is 15.2 Å². The summed E-state index contributed by atoms with van der Waals surface area (Å²) in [5.41, 5.74) is 7.72. The topological polar surface area (TPSA) is 44.5 Å². The van der Waals surface area contributed by atoms with E-state index in [0.717, 1.165) is 40.7 Å². The van der Waals surface area contributed by atoms with Gasteiger partial charge in [-0.25, -0.2) is 0 Å². The van der Waals surface area contributed by atoms with E-state index in [1.165, 1.54) is 19.3 Å². The number of benzene rings is 1.